The molecule has 27 heavy (non-hydrogen) atoms. The van der Waals surface area contributed by atoms with Gasteiger partial charge in [-0.05, 0) is 64.2 Å². The van der Waals surface area contributed by atoms with Crippen molar-refractivity contribution in [2.45, 2.75) is 19.6 Å². The zero-order valence-electron chi connectivity index (χ0n) is 14.8. The lowest BCUT2D eigenvalue weighted by Gasteiger charge is -2.09. The van der Waals surface area contributed by atoms with Gasteiger partial charge in [0, 0.05) is 17.7 Å². The van der Waals surface area contributed by atoms with Crippen molar-refractivity contribution in [2.24, 2.45) is 0 Å². The molecular weight excluding hydrogens is 338 g/mol. The molecule has 0 radical (unpaired) electrons. The van der Waals surface area contributed by atoms with Gasteiger partial charge in [-0.15, -0.1) is 0 Å². The number of benzene rings is 3. The molecule has 5 rings (SSSR count). The van der Waals surface area contributed by atoms with E-state index in [-0.39, 0.29) is 5.91 Å². The number of fused-ring (bicyclic) bond motifs is 2. The van der Waals surface area contributed by atoms with Gasteiger partial charge in [-0.3, -0.25) is 4.79 Å². The third kappa shape index (κ3) is 3.09. The van der Waals surface area contributed by atoms with E-state index in [2.05, 4.69) is 11.4 Å². The molecule has 0 unspecified atom stereocenters. The molecule has 2 aliphatic heterocycles. The Labute approximate surface area is 157 Å². The summed E-state index contributed by atoms with van der Waals surface area (Å²) in [6, 6.07) is 19.9. The SMILES string of the molecule is O=C(Nc1ccc2c(c1)COC2)c1cccc(-c2ccc3c(c2)CCO3)c1. The molecule has 2 heterocycles. The van der Waals surface area contributed by atoms with Gasteiger partial charge < -0.3 is 14.8 Å². The van der Waals surface area contributed by atoms with Gasteiger partial charge in [-0.25, -0.2) is 0 Å². The van der Waals surface area contributed by atoms with Crippen molar-refractivity contribution in [3.63, 3.8) is 0 Å². The molecule has 0 atom stereocenters. The smallest absolute Gasteiger partial charge is 0.255 e. The summed E-state index contributed by atoms with van der Waals surface area (Å²) in [5, 5.41) is 2.99. The summed E-state index contributed by atoms with van der Waals surface area (Å²) in [4.78, 5) is 12.7. The van der Waals surface area contributed by atoms with Gasteiger partial charge in [0.25, 0.3) is 5.91 Å². The highest BCUT2D eigenvalue weighted by molar-refractivity contribution is 6.05. The summed E-state index contributed by atoms with van der Waals surface area (Å²) in [6.45, 7) is 2.00. The molecule has 1 amide bonds. The Balaban J connectivity index is 1.39. The topological polar surface area (TPSA) is 47.6 Å². The van der Waals surface area contributed by atoms with Crippen LogP contribution in [0, 0.1) is 0 Å². The molecule has 0 aromatic heterocycles. The Hall–Kier alpha value is -3.11. The lowest BCUT2D eigenvalue weighted by molar-refractivity contribution is 0.102. The van der Waals surface area contributed by atoms with Crippen molar-refractivity contribution in [3.05, 3.63) is 82.9 Å². The maximum atomic E-state index is 12.7. The molecule has 4 heteroatoms. The van der Waals surface area contributed by atoms with E-state index in [1.165, 1.54) is 11.1 Å². The van der Waals surface area contributed by atoms with Crippen LogP contribution in [-0.2, 0) is 24.4 Å². The highest BCUT2D eigenvalue weighted by Crippen LogP contribution is 2.31. The van der Waals surface area contributed by atoms with Gasteiger partial charge in [0.2, 0.25) is 0 Å². The second kappa shape index (κ2) is 6.56. The zero-order valence-corrected chi connectivity index (χ0v) is 14.8. The number of rotatable bonds is 3. The minimum atomic E-state index is -0.111. The molecule has 0 bridgehead atoms. The van der Waals surface area contributed by atoms with Crippen LogP contribution in [-0.4, -0.2) is 12.5 Å². The van der Waals surface area contributed by atoms with Crippen LogP contribution >= 0.6 is 0 Å². The zero-order chi connectivity index (χ0) is 18.2. The van der Waals surface area contributed by atoms with E-state index >= 15 is 0 Å². The molecule has 0 saturated carbocycles. The predicted octanol–water partition coefficient (Wildman–Crippen LogP) is 4.57. The van der Waals surface area contributed by atoms with Gasteiger partial charge in [0.15, 0.2) is 0 Å². The monoisotopic (exact) mass is 357 g/mol. The fourth-order valence-electron chi connectivity index (χ4n) is 3.66. The largest absolute Gasteiger partial charge is 0.493 e. The van der Waals surface area contributed by atoms with Gasteiger partial charge >= 0.3 is 0 Å². The fourth-order valence-corrected chi connectivity index (χ4v) is 3.66. The molecule has 134 valence electrons. The lowest BCUT2D eigenvalue weighted by Crippen LogP contribution is -2.12. The van der Waals surface area contributed by atoms with Crippen molar-refractivity contribution in [1.29, 1.82) is 0 Å². The molecular formula is C23H19NO3. The average molecular weight is 357 g/mol. The van der Waals surface area contributed by atoms with Crippen LogP contribution in [0.15, 0.2) is 60.7 Å². The second-order valence-corrected chi connectivity index (χ2v) is 6.93. The second-order valence-electron chi connectivity index (χ2n) is 6.93. The molecule has 1 N–H and O–H groups in total. The first-order valence-electron chi connectivity index (χ1n) is 9.13. The molecule has 4 nitrogen and oxygen atoms in total. The maximum absolute atomic E-state index is 12.7. The molecule has 2 aliphatic rings. The highest BCUT2D eigenvalue weighted by Gasteiger charge is 2.15. The van der Waals surface area contributed by atoms with E-state index in [4.69, 9.17) is 9.47 Å². The summed E-state index contributed by atoms with van der Waals surface area (Å²) in [5.41, 5.74) is 7.12. The van der Waals surface area contributed by atoms with Crippen LogP contribution in [0.3, 0.4) is 0 Å². The number of ether oxygens (including phenoxy) is 2. The van der Waals surface area contributed by atoms with E-state index in [9.17, 15) is 4.79 Å². The first kappa shape index (κ1) is 16.1. The predicted molar refractivity (Wildman–Crippen MR) is 104 cm³/mol. The number of hydrogen-bond acceptors (Lipinski definition) is 3. The van der Waals surface area contributed by atoms with Gasteiger partial charge in [0.1, 0.15) is 5.75 Å². The summed E-state index contributed by atoms with van der Waals surface area (Å²) >= 11 is 0. The van der Waals surface area contributed by atoms with Crippen LogP contribution in [0.1, 0.15) is 27.0 Å². The Bertz CT molecular complexity index is 1040. The molecule has 0 fully saturated rings. The van der Waals surface area contributed by atoms with Crippen molar-refractivity contribution in [1.82, 2.24) is 0 Å². The number of amides is 1. The van der Waals surface area contributed by atoms with Gasteiger partial charge in [-0.2, -0.15) is 0 Å². The third-order valence-corrected chi connectivity index (χ3v) is 5.13. The minimum absolute atomic E-state index is 0.111. The average Bonchev–Trinajstić information content (AvgIpc) is 3.36. The fraction of sp³-hybridized carbons (Fsp3) is 0.174. The Kier molecular flexibility index (Phi) is 3.91. The third-order valence-electron chi connectivity index (χ3n) is 5.13. The molecule has 0 aliphatic carbocycles. The summed E-state index contributed by atoms with van der Waals surface area (Å²) in [6.07, 6.45) is 0.936. The van der Waals surface area contributed by atoms with E-state index in [0.717, 1.165) is 41.2 Å². The van der Waals surface area contributed by atoms with Crippen molar-refractivity contribution in [2.75, 3.05) is 11.9 Å². The highest BCUT2D eigenvalue weighted by atomic mass is 16.5. The number of carbonyl (C=O) groups excluding carboxylic acids is 1. The van der Waals surface area contributed by atoms with E-state index in [1.54, 1.807) is 0 Å². The van der Waals surface area contributed by atoms with Gasteiger partial charge in [0.05, 0.1) is 19.8 Å². The first-order chi connectivity index (χ1) is 13.3. The Morgan fingerprint density at radius 2 is 1.74 bits per heavy atom. The molecule has 0 spiro atoms. The van der Waals surface area contributed by atoms with E-state index < -0.39 is 0 Å². The van der Waals surface area contributed by atoms with Crippen LogP contribution < -0.4 is 10.1 Å². The maximum Gasteiger partial charge on any atom is 0.255 e. The standard InChI is InChI=1S/C23H19NO3/c25-23(24-21-6-4-19-13-26-14-20(19)12-21)18-3-1-2-15(11-18)16-5-7-22-17(10-16)8-9-27-22/h1-7,10-12H,8-9,13-14H2,(H,24,25). The number of nitrogens with one attached hydrogen (secondary N) is 1. The van der Waals surface area contributed by atoms with Crippen LogP contribution in [0.2, 0.25) is 0 Å². The van der Waals surface area contributed by atoms with Crippen molar-refractivity contribution < 1.29 is 14.3 Å². The molecule has 0 saturated heterocycles. The number of hydrogen-bond donors (Lipinski definition) is 1. The van der Waals surface area contributed by atoms with Crippen LogP contribution in [0.25, 0.3) is 11.1 Å². The Morgan fingerprint density at radius 1 is 0.852 bits per heavy atom. The summed E-state index contributed by atoms with van der Waals surface area (Å²) in [5.74, 6) is 0.855. The van der Waals surface area contributed by atoms with Crippen LogP contribution in [0.5, 0.6) is 5.75 Å². The normalized spacial score (nSPS) is 14.4. The summed E-state index contributed by atoms with van der Waals surface area (Å²) in [7, 11) is 0. The Morgan fingerprint density at radius 3 is 2.70 bits per heavy atom. The summed E-state index contributed by atoms with van der Waals surface area (Å²) < 4.78 is 11.0. The van der Waals surface area contributed by atoms with E-state index in [0.29, 0.717) is 18.8 Å². The minimum Gasteiger partial charge on any atom is -0.493 e. The molecule has 3 aromatic carbocycles. The molecule has 3 aromatic rings. The van der Waals surface area contributed by atoms with Gasteiger partial charge in [-0.1, -0.05) is 24.3 Å². The van der Waals surface area contributed by atoms with E-state index in [1.807, 2.05) is 54.6 Å². The number of anilines is 1. The van der Waals surface area contributed by atoms with Crippen molar-refractivity contribution in [3.8, 4) is 16.9 Å². The van der Waals surface area contributed by atoms with Crippen LogP contribution in [0.4, 0.5) is 5.69 Å². The van der Waals surface area contributed by atoms with Crippen molar-refractivity contribution >= 4 is 11.6 Å². The number of carbonyl (C=O) groups is 1. The first-order valence-corrected chi connectivity index (χ1v) is 9.13. The lowest BCUT2D eigenvalue weighted by atomic mass is 10.00. The quantitative estimate of drug-likeness (QED) is 0.747.